The van der Waals surface area contributed by atoms with Crippen molar-refractivity contribution in [3.63, 3.8) is 0 Å². The van der Waals surface area contributed by atoms with Crippen molar-refractivity contribution < 1.29 is 9.47 Å². The summed E-state index contributed by atoms with van der Waals surface area (Å²) in [6, 6.07) is 5.97. The molecule has 1 aliphatic carbocycles. The van der Waals surface area contributed by atoms with Gasteiger partial charge in [-0.25, -0.2) is 0 Å². The highest BCUT2D eigenvalue weighted by molar-refractivity contribution is 5.40. The summed E-state index contributed by atoms with van der Waals surface area (Å²) >= 11 is 0. The quantitative estimate of drug-likeness (QED) is 0.829. The minimum absolute atomic E-state index is 0.347. The van der Waals surface area contributed by atoms with Crippen LogP contribution in [0.3, 0.4) is 0 Å². The van der Waals surface area contributed by atoms with E-state index in [0.717, 1.165) is 24.6 Å². The lowest BCUT2D eigenvalue weighted by Gasteiger charge is -2.47. The number of rotatable bonds is 7. The summed E-state index contributed by atoms with van der Waals surface area (Å²) in [7, 11) is 7.72. The third-order valence-corrected chi connectivity index (χ3v) is 4.50. The Morgan fingerprint density at radius 3 is 2.45 bits per heavy atom. The van der Waals surface area contributed by atoms with Crippen molar-refractivity contribution in [2.75, 3.05) is 34.9 Å². The fourth-order valence-corrected chi connectivity index (χ4v) is 2.79. The van der Waals surface area contributed by atoms with E-state index in [4.69, 9.17) is 9.47 Å². The maximum Gasteiger partial charge on any atom is 0.127 e. The molecule has 1 aromatic carbocycles. The normalized spacial score (nSPS) is 16.9. The van der Waals surface area contributed by atoms with Gasteiger partial charge in [0.05, 0.1) is 14.2 Å². The third-order valence-electron chi connectivity index (χ3n) is 4.50. The predicted molar refractivity (Wildman–Crippen MR) is 81.5 cm³/mol. The predicted octanol–water partition coefficient (Wildman–Crippen LogP) is 2.28. The summed E-state index contributed by atoms with van der Waals surface area (Å²) in [6.45, 7) is 1.85. The Balaban J connectivity index is 1.94. The summed E-state index contributed by atoms with van der Waals surface area (Å²) < 4.78 is 10.6. The van der Waals surface area contributed by atoms with Crippen LogP contribution in [-0.2, 0) is 6.54 Å². The van der Waals surface area contributed by atoms with Gasteiger partial charge in [-0.15, -0.1) is 0 Å². The fraction of sp³-hybridized carbons (Fsp3) is 0.625. The average molecular weight is 278 g/mol. The molecule has 4 nitrogen and oxygen atoms in total. The van der Waals surface area contributed by atoms with Gasteiger partial charge in [0.1, 0.15) is 11.5 Å². The summed E-state index contributed by atoms with van der Waals surface area (Å²) in [5.74, 6) is 1.71. The fourth-order valence-electron chi connectivity index (χ4n) is 2.79. The van der Waals surface area contributed by atoms with Crippen LogP contribution in [0.15, 0.2) is 18.2 Å². The van der Waals surface area contributed by atoms with Crippen LogP contribution in [0.1, 0.15) is 24.8 Å². The van der Waals surface area contributed by atoms with Crippen molar-refractivity contribution in [3.8, 4) is 11.5 Å². The molecule has 4 heteroatoms. The van der Waals surface area contributed by atoms with Crippen LogP contribution in [0.2, 0.25) is 0 Å². The Hall–Kier alpha value is -1.26. The Bertz CT molecular complexity index is 442. The molecule has 1 saturated carbocycles. The molecule has 1 aliphatic rings. The maximum absolute atomic E-state index is 5.43. The van der Waals surface area contributed by atoms with E-state index in [-0.39, 0.29) is 0 Å². The SMILES string of the molecule is COc1ccc(CNCC2(N(C)C)CCC2)c(OC)c1. The molecule has 0 heterocycles. The van der Waals surface area contributed by atoms with Crippen LogP contribution in [0.5, 0.6) is 11.5 Å². The second-order valence-corrected chi connectivity index (χ2v) is 5.75. The molecule has 0 aromatic heterocycles. The number of likely N-dealkylation sites (N-methyl/N-ethyl adjacent to an activating group) is 1. The van der Waals surface area contributed by atoms with E-state index in [0.29, 0.717) is 5.54 Å². The van der Waals surface area contributed by atoms with Gasteiger partial charge in [-0.2, -0.15) is 0 Å². The van der Waals surface area contributed by atoms with E-state index in [1.807, 2.05) is 12.1 Å². The zero-order valence-electron chi connectivity index (χ0n) is 13.0. The van der Waals surface area contributed by atoms with Crippen LogP contribution in [0, 0.1) is 0 Å². The van der Waals surface area contributed by atoms with E-state index in [2.05, 4.69) is 30.4 Å². The largest absolute Gasteiger partial charge is 0.497 e. The van der Waals surface area contributed by atoms with Crippen molar-refractivity contribution >= 4 is 0 Å². The van der Waals surface area contributed by atoms with Gasteiger partial charge >= 0.3 is 0 Å². The molecule has 0 bridgehead atoms. The summed E-state index contributed by atoms with van der Waals surface area (Å²) in [4.78, 5) is 2.36. The molecule has 0 amide bonds. The number of hydrogen-bond donors (Lipinski definition) is 1. The summed E-state index contributed by atoms with van der Waals surface area (Å²) in [5, 5.41) is 3.58. The first kappa shape index (κ1) is 15.1. The lowest BCUT2D eigenvalue weighted by Crippen LogP contribution is -2.56. The van der Waals surface area contributed by atoms with E-state index in [9.17, 15) is 0 Å². The van der Waals surface area contributed by atoms with Crippen molar-refractivity contribution in [2.45, 2.75) is 31.3 Å². The molecule has 1 aromatic rings. The lowest BCUT2D eigenvalue weighted by atomic mass is 9.75. The molecular formula is C16H26N2O2. The minimum atomic E-state index is 0.347. The van der Waals surface area contributed by atoms with Gasteiger partial charge in [0.15, 0.2) is 0 Å². The van der Waals surface area contributed by atoms with Gasteiger partial charge in [0, 0.05) is 30.3 Å². The summed E-state index contributed by atoms with van der Waals surface area (Å²) in [5.41, 5.74) is 1.52. The highest BCUT2D eigenvalue weighted by Gasteiger charge is 2.38. The highest BCUT2D eigenvalue weighted by atomic mass is 16.5. The van der Waals surface area contributed by atoms with Crippen molar-refractivity contribution in [3.05, 3.63) is 23.8 Å². The standard InChI is InChI=1S/C16H26N2O2/c1-18(2)16(8-5-9-16)12-17-11-13-6-7-14(19-3)10-15(13)20-4/h6-7,10,17H,5,8-9,11-12H2,1-4H3. The molecule has 0 saturated heterocycles. The van der Waals surface area contributed by atoms with Crippen LogP contribution in [0.25, 0.3) is 0 Å². The Morgan fingerprint density at radius 2 is 1.95 bits per heavy atom. The zero-order chi connectivity index (χ0) is 14.6. The topological polar surface area (TPSA) is 33.7 Å². The molecule has 0 atom stereocenters. The van der Waals surface area contributed by atoms with E-state index in [1.165, 1.54) is 24.8 Å². The Kier molecular flexibility index (Phi) is 4.89. The molecule has 20 heavy (non-hydrogen) atoms. The van der Waals surface area contributed by atoms with Crippen LogP contribution in [0.4, 0.5) is 0 Å². The van der Waals surface area contributed by atoms with Crippen LogP contribution in [-0.4, -0.2) is 45.3 Å². The Labute approximate surface area is 122 Å². The highest BCUT2D eigenvalue weighted by Crippen LogP contribution is 2.35. The number of hydrogen-bond acceptors (Lipinski definition) is 4. The molecule has 1 fully saturated rings. The van der Waals surface area contributed by atoms with Gasteiger partial charge in [0.2, 0.25) is 0 Å². The third kappa shape index (κ3) is 3.07. The monoisotopic (exact) mass is 278 g/mol. The van der Waals surface area contributed by atoms with Crippen molar-refractivity contribution in [2.24, 2.45) is 0 Å². The minimum Gasteiger partial charge on any atom is -0.497 e. The van der Waals surface area contributed by atoms with Crippen LogP contribution < -0.4 is 14.8 Å². The first-order valence-corrected chi connectivity index (χ1v) is 7.20. The molecule has 0 unspecified atom stereocenters. The van der Waals surface area contributed by atoms with E-state index >= 15 is 0 Å². The molecule has 0 radical (unpaired) electrons. The van der Waals surface area contributed by atoms with Gasteiger partial charge in [0.25, 0.3) is 0 Å². The smallest absolute Gasteiger partial charge is 0.127 e. The number of benzene rings is 1. The molecule has 0 spiro atoms. The Morgan fingerprint density at radius 1 is 1.20 bits per heavy atom. The molecular weight excluding hydrogens is 252 g/mol. The van der Waals surface area contributed by atoms with Crippen molar-refractivity contribution in [1.82, 2.24) is 10.2 Å². The zero-order valence-corrected chi connectivity index (χ0v) is 13.0. The number of nitrogens with zero attached hydrogens (tertiary/aromatic N) is 1. The van der Waals surface area contributed by atoms with Gasteiger partial charge in [-0.05, 0) is 39.4 Å². The van der Waals surface area contributed by atoms with E-state index in [1.54, 1.807) is 14.2 Å². The number of methoxy groups -OCH3 is 2. The van der Waals surface area contributed by atoms with Gasteiger partial charge in [-0.1, -0.05) is 6.07 Å². The number of nitrogens with one attached hydrogen (secondary N) is 1. The molecule has 0 aliphatic heterocycles. The first-order valence-electron chi connectivity index (χ1n) is 7.20. The van der Waals surface area contributed by atoms with Crippen molar-refractivity contribution in [1.29, 1.82) is 0 Å². The lowest BCUT2D eigenvalue weighted by molar-refractivity contribution is 0.0597. The van der Waals surface area contributed by atoms with Gasteiger partial charge in [-0.3, -0.25) is 0 Å². The first-order chi connectivity index (χ1) is 9.61. The van der Waals surface area contributed by atoms with E-state index < -0.39 is 0 Å². The average Bonchev–Trinajstić information content (AvgIpc) is 2.41. The second-order valence-electron chi connectivity index (χ2n) is 5.75. The van der Waals surface area contributed by atoms with Gasteiger partial charge < -0.3 is 19.7 Å². The second kappa shape index (κ2) is 6.46. The molecule has 112 valence electrons. The molecule has 2 rings (SSSR count). The molecule has 1 N–H and O–H groups in total. The van der Waals surface area contributed by atoms with Crippen LogP contribution >= 0.6 is 0 Å². The maximum atomic E-state index is 5.43. The number of ether oxygens (including phenoxy) is 2. The summed E-state index contributed by atoms with van der Waals surface area (Å²) in [6.07, 6.45) is 3.91.